The highest BCUT2D eigenvalue weighted by atomic mass is 32.1. The molecule has 0 aliphatic carbocycles. The first-order chi connectivity index (χ1) is 9.45. The number of carbonyl (C=O) groups excluding carboxylic acids is 2. The summed E-state index contributed by atoms with van der Waals surface area (Å²) in [6.45, 7) is -0.590. The number of nitrogens with zero attached hydrogens (tertiary/aromatic N) is 1. The first-order valence-corrected chi connectivity index (χ1v) is 6.75. The van der Waals surface area contributed by atoms with Gasteiger partial charge in [-0.05, 0) is 11.4 Å². The third-order valence-electron chi connectivity index (χ3n) is 2.51. The Bertz CT molecular complexity index is 474. The van der Waals surface area contributed by atoms with Crippen LogP contribution in [-0.2, 0) is 9.59 Å². The predicted molar refractivity (Wildman–Crippen MR) is 72.5 cm³/mol. The Morgan fingerprint density at radius 3 is 2.65 bits per heavy atom. The number of likely N-dealkylation sites (N-methyl/N-ethyl adjacent to an activating group) is 1. The van der Waals surface area contributed by atoms with Gasteiger partial charge in [0.05, 0.1) is 11.4 Å². The predicted octanol–water partition coefficient (Wildman–Crippen LogP) is -0.228. The highest BCUT2D eigenvalue weighted by Gasteiger charge is 2.21. The third-order valence-corrected chi connectivity index (χ3v) is 3.37. The second kappa shape index (κ2) is 7.61. The Morgan fingerprint density at radius 1 is 1.45 bits per heavy atom. The van der Waals surface area contributed by atoms with E-state index in [0.717, 1.165) is 0 Å². The Hall–Kier alpha value is -1.93. The number of aliphatic carboxylic acids is 1. The van der Waals surface area contributed by atoms with Crippen LogP contribution < -0.4 is 5.32 Å². The minimum absolute atomic E-state index is 0.0797. The number of carboxylic acid groups (broad SMARTS) is 1. The fraction of sp³-hybridized carbons (Fsp3) is 0.417. The molecule has 3 N–H and O–H groups in total. The zero-order valence-corrected chi connectivity index (χ0v) is 11.7. The van der Waals surface area contributed by atoms with E-state index >= 15 is 0 Å². The van der Waals surface area contributed by atoms with Crippen molar-refractivity contribution >= 4 is 29.1 Å². The van der Waals surface area contributed by atoms with Crippen LogP contribution in [0.25, 0.3) is 0 Å². The molecule has 0 bridgehead atoms. The van der Waals surface area contributed by atoms with Gasteiger partial charge in [-0.2, -0.15) is 0 Å². The summed E-state index contributed by atoms with van der Waals surface area (Å²) in [5.74, 6) is -2.11. The third kappa shape index (κ3) is 4.63. The number of hydrogen-bond donors (Lipinski definition) is 3. The Kier molecular flexibility index (Phi) is 6.13. The highest BCUT2D eigenvalue weighted by Crippen LogP contribution is 2.10. The monoisotopic (exact) mass is 300 g/mol. The van der Waals surface area contributed by atoms with Crippen molar-refractivity contribution in [3.05, 3.63) is 22.4 Å². The Morgan fingerprint density at radius 2 is 2.15 bits per heavy atom. The quantitative estimate of drug-likeness (QED) is 0.645. The molecule has 1 rings (SSSR count). The van der Waals surface area contributed by atoms with Crippen molar-refractivity contribution in [2.75, 3.05) is 20.2 Å². The van der Waals surface area contributed by atoms with Gasteiger partial charge in [0.1, 0.15) is 6.04 Å². The fourth-order valence-electron chi connectivity index (χ4n) is 1.50. The minimum atomic E-state index is -1.22. The highest BCUT2D eigenvalue weighted by molar-refractivity contribution is 7.12. The van der Waals surface area contributed by atoms with Gasteiger partial charge in [0, 0.05) is 20.1 Å². The number of hydrogen-bond acceptors (Lipinski definition) is 5. The van der Waals surface area contributed by atoms with E-state index in [4.69, 9.17) is 10.2 Å². The van der Waals surface area contributed by atoms with E-state index < -0.39 is 17.9 Å². The number of rotatable bonds is 7. The van der Waals surface area contributed by atoms with Crippen molar-refractivity contribution < 1.29 is 24.6 Å². The van der Waals surface area contributed by atoms with Gasteiger partial charge in [-0.25, -0.2) is 4.79 Å². The zero-order valence-electron chi connectivity index (χ0n) is 10.9. The lowest BCUT2D eigenvalue weighted by Gasteiger charge is -2.18. The van der Waals surface area contributed by atoms with Gasteiger partial charge in [0.25, 0.3) is 5.91 Å². The largest absolute Gasteiger partial charge is 0.480 e. The molecule has 1 heterocycles. The van der Waals surface area contributed by atoms with Crippen LogP contribution in [0.15, 0.2) is 17.5 Å². The summed E-state index contributed by atoms with van der Waals surface area (Å²) in [6, 6.07) is 2.22. The van der Waals surface area contributed by atoms with Gasteiger partial charge in [-0.3, -0.25) is 9.59 Å². The molecule has 0 saturated heterocycles. The summed E-state index contributed by atoms with van der Waals surface area (Å²) in [5, 5.41) is 21.6. The van der Waals surface area contributed by atoms with Crippen LogP contribution in [0.3, 0.4) is 0 Å². The smallest absolute Gasteiger partial charge is 0.326 e. The molecular formula is C12H16N2O5S. The van der Waals surface area contributed by atoms with Gasteiger partial charge >= 0.3 is 5.97 Å². The van der Waals surface area contributed by atoms with Crippen LogP contribution in [-0.4, -0.2) is 59.1 Å². The van der Waals surface area contributed by atoms with Gasteiger partial charge in [-0.1, -0.05) is 6.07 Å². The van der Waals surface area contributed by atoms with Crippen LogP contribution in [0, 0.1) is 0 Å². The molecule has 2 amide bonds. The van der Waals surface area contributed by atoms with E-state index in [0.29, 0.717) is 4.88 Å². The van der Waals surface area contributed by atoms with Crippen molar-refractivity contribution in [3.63, 3.8) is 0 Å². The molecule has 8 heteroatoms. The summed E-state index contributed by atoms with van der Waals surface area (Å²) < 4.78 is 0. The van der Waals surface area contributed by atoms with Crippen LogP contribution in [0.1, 0.15) is 16.1 Å². The van der Waals surface area contributed by atoms with Gasteiger partial charge in [-0.15, -0.1) is 11.3 Å². The number of nitrogens with one attached hydrogen (secondary N) is 1. The van der Waals surface area contributed by atoms with E-state index in [1.807, 2.05) is 0 Å². The maximum absolute atomic E-state index is 11.9. The van der Waals surface area contributed by atoms with Crippen molar-refractivity contribution in [2.45, 2.75) is 12.5 Å². The van der Waals surface area contributed by atoms with Crippen molar-refractivity contribution in [3.8, 4) is 0 Å². The molecule has 0 spiro atoms. The van der Waals surface area contributed by atoms with Gasteiger partial charge in [0.15, 0.2) is 0 Å². The lowest BCUT2D eigenvalue weighted by atomic mass is 10.2. The van der Waals surface area contributed by atoms with Crippen molar-refractivity contribution in [2.24, 2.45) is 0 Å². The van der Waals surface area contributed by atoms with Crippen LogP contribution in [0.5, 0.6) is 0 Å². The normalized spacial score (nSPS) is 11.7. The summed E-state index contributed by atoms with van der Waals surface area (Å²) >= 11 is 1.26. The molecule has 0 aliphatic heterocycles. The molecule has 7 nitrogen and oxygen atoms in total. The average molecular weight is 300 g/mol. The molecule has 0 fully saturated rings. The Labute approximate surface area is 119 Å². The maximum Gasteiger partial charge on any atom is 0.326 e. The average Bonchev–Trinajstić information content (AvgIpc) is 2.90. The molecule has 0 saturated carbocycles. The lowest BCUT2D eigenvalue weighted by Crippen LogP contribution is -2.46. The summed E-state index contributed by atoms with van der Waals surface area (Å²) in [4.78, 5) is 36.1. The standard InChI is InChI=1S/C12H16N2O5S/c1-14(11(17)9-3-2-6-20-9)7-10(16)13-8(4-5-15)12(18)19/h2-3,6,8,15H,4-5,7H2,1H3,(H,13,16)(H,18,19). The maximum atomic E-state index is 11.9. The molecule has 0 aromatic carbocycles. The van der Waals surface area contributed by atoms with E-state index in [1.165, 1.54) is 23.3 Å². The summed E-state index contributed by atoms with van der Waals surface area (Å²) in [7, 11) is 1.46. The van der Waals surface area contributed by atoms with Crippen LogP contribution in [0.4, 0.5) is 0 Å². The molecule has 1 aromatic heterocycles. The lowest BCUT2D eigenvalue weighted by molar-refractivity contribution is -0.142. The number of thiophene rings is 1. The second-order valence-electron chi connectivity index (χ2n) is 4.11. The van der Waals surface area contributed by atoms with Crippen molar-refractivity contribution in [1.82, 2.24) is 10.2 Å². The molecular weight excluding hydrogens is 284 g/mol. The van der Waals surface area contributed by atoms with Gasteiger partial charge in [0.2, 0.25) is 5.91 Å². The summed E-state index contributed by atoms with van der Waals surface area (Å²) in [5.41, 5.74) is 0. The van der Waals surface area contributed by atoms with Crippen molar-refractivity contribution in [1.29, 1.82) is 0 Å². The van der Waals surface area contributed by atoms with E-state index in [9.17, 15) is 14.4 Å². The number of aliphatic hydroxyl groups is 1. The fourth-order valence-corrected chi connectivity index (χ4v) is 2.22. The van der Waals surface area contributed by atoms with Gasteiger partial charge < -0.3 is 20.4 Å². The van der Waals surface area contributed by atoms with E-state index in [2.05, 4.69) is 5.32 Å². The molecule has 0 aliphatic rings. The molecule has 0 radical (unpaired) electrons. The SMILES string of the molecule is CN(CC(=O)NC(CCO)C(=O)O)C(=O)c1cccs1. The summed E-state index contributed by atoms with van der Waals surface area (Å²) in [6.07, 6.45) is -0.0797. The van der Waals surface area contributed by atoms with E-state index in [1.54, 1.807) is 17.5 Å². The minimum Gasteiger partial charge on any atom is -0.480 e. The zero-order chi connectivity index (χ0) is 15.1. The first kappa shape index (κ1) is 16.1. The number of carbonyl (C=O) groups is 3. The topological polar surface area (TPSA) is 107 Å². The molecule has 1 aromatic rings. The number of carboxylic acids is 1. The van der Waals surface area contributed by atoms with Crippen LogP contribution in [0.2, 0.25) is 0 Å². The Balaban J connectivity index is 2.53. The van der Waals surface area contributed by atoms with Crippen LogP contribution >= 0.6 is 11.3 Å². The second-order valence-corrected chi connectivity index (χ2v) is 5.06. The molecule has 20 heavy (non-hydrogen) atoms. The first-order valence-electron chi connectivity index (χ1n) is 5.87. The molecule has 110 valence electrons. The van der Waals surface area contributed by atoms with E-state index in [-0.39, 0.29) is 25.5 Å². The number of amides is 2. The number of aliphatic hydroxyl groups excluding tert-OH is 1. The molecule has 1 unspecified atom stereocenters. The molecule has 1 atom stereocenters.